The Morgan fingerprint density at radius 2 is 1.88 bits per heavy atom. The fourth-order valence-corrected chi connectivity index (χ4v) is 3.69. The highest BCUT2D eigenvalue weighted by molar-refractivity contribution is 5.91. The third-order valence-electron chi connectivity index (χ3n) is 4.89. The van der Waals surface area contributed by atoms with Crippen molar-refractivity contribution in [3.05, 3.63) is 53.7 Å². The second-order valence-electron chi connectivity index (χ2n) is 6.79. The minimum absolute atomic E-state index is 0.181. The van der Waals surface area contributed by atoms with Crippen molar-refractivity contribution >= 4 is 5.91 Å². The molecule has 3 heterocycles. The van der Waals surface area contributed by atoms with E-state index in [4.69, 9.17) is 9.15 Å². The Hall–Kier alpha value is -2.34. The lowest BCUT2D eigenvalue weighted by molar-refractivity contribution is 0.0891. The van der Waals surface area contributed by atoms with Gasteiger partial charge >= 0.3 is 0 Å². The maximum Gasteiger partial charge on any atom is 0.287 e. The van der Waals surface area contributed by atoms with Gasteiger partial charge in [0.1, 0.15) is 23.9 Å². The number of benzene rings is 1. The van der Waals surface area contributed by atoms with Gasteiger partial charge in [-0.05, 0) is 62.1 Å². The third kappa shape index (κ3) is 3.85. The Kier molecular flexibility index (Phi) is 4.44. The van der Waals surface area contributed by atoms with E-state index < -0.39 is 0 Å². The van der Waals surface area contributed by atoms with E-state index >= 15 is 0 Å². The minimum atomic E-state index is -0.310. The lowest BCUT2D eigenvalue weighted by Gasteiger charge is -2.29. The van der Waals surface area contributed by atoms with Gasteiger partial charge in [-0.3, -0.25) is 4.79 Å². The SMILES string of the molecule is O=C(NC1CC2CCC(C1)N2)c1ccc(COc2ccc(F)cc2)o1. The molecule has 2 bridgehead atoms. The van der Waals surface area contributed by atoms with E-state index in [0.717, 1.165) is 12.8 Å². The van der Waals surface area contributed by atoms with Crippen LogP contribution < -0.4 is 15.4 Å². The van der Waals surface area contributed by atoms with Gasteiger partial charge in [-0.2, -0.15) is 0 Å². The fourth-order valence-electron chi connectivity index (χ4n) is 3.69. The molecule has 1 aromatic carbocycles. The Morgan fingerprint density at radius 1 is 1.16 bits per heavy atom. The molecular weight excluding hydrogens is 323 g/mol. The number of carbonyl (C=O) groups excluding carboxylic acids is 1. The van der Waals surface area contributed by atoms with Crippen LogP contribution in [0.25, 0.3) is 0 Å². The van der Waals surface area contributed by atoms with Gasteiger partial charge in [0, 0.05) is 18.1 Å². The van der Waals surface area contributed by atoms with Crippen molar-refractivity contribution in [2.75, 3.05) is 0 Å². The summed E-state index contributed by atoms with van der Waals surface area (Å²) in [6.45, 7) is 0.191. The molecule has 1 aromatic heterocycles. The predicted molar refractivity (Wildman–Crippen MR) is 89.9 cm³/mol. The number of carbonyl (C=O) groups is 1. The normalized spacial score (nSPS) is 24.9. The molecule has 4 rings (SSSR count). The molecule has 2 aliphatic heterocycles. The van der Waals surface area contributed by atoms with Crippen molar-refractivity contribution in [2.24, 2.45) is 0 Å². The van der Waals surface area contributed by atoms with Crippen molar-refractivity contribution in [3.8, 4) is 5.75 Å². The van der Waals surface area contributed by atoms with Gasteiger partial charge < -0.3 is 19.8 Å². The zero-order valence-electron chi connectivity index (χ0n) is 13.8. The molecule has 1 amide bonds. The summed E-state index contributed by atoms with van der Waals surface area (Å²) in [5.41, 5.74) is 0. The summed E-state index contributed by atoms with van der Waals surface area (Å²) in [6.07, 6.45) is 4.35. The van der Waals surface area contributed by atoms with Crippen LogP contribution in [0.5, 0.6) is 5.75 Å². The third-order valence-corrected chi connectivity index (χ3v) is 4.89. The molecule has 2 saturated heterocycles. The molecule has 0 spiro atoms. The number of hydrogen-bond donors (Lipinski definition) is 2. The van der Waals surface area contributed by atoms with Gasteiger partial charge in [-0.15, -0.1) is 0 Å². The Labute approximate surface area is 145 Å². The van der Waals surface area contributed by atoms with Gasteiger partial charge in [0.25, 0.3) is 5.91 Å². The first-order chi connectivity index (χ1) is 12.2. The lowest BCUT2D eigenvalue weighted by atomic mass is 10.00. The zero-order chi connectivity index (χ0) is 17.2. The Morgan fingerprint density at radius 3 is 2.60 bits per heavy atom. The Balaban J connectivity index is 1.31. The average Bonchev–Trinajstić information content (AvgIpc) is 3.21. The first-order valence-corrected chi connectivity index (χ1v) is 8.70. The maximum absolute atomic E-state index is 12.9. The summed E-state index contributed by atoms with van der Waals surface area (Å²) in [5, 5.41) is 6.63. The van der Waals surface area contributed by atoms with E-state index in [1.165, 1.54) is 25.0 Å². The summed E-state index contributed by atoms with van der Waals surface area (Å²) in [6, 6.07) is 10.4. The highest BCUT2D eigenvalue weighted by Crippen LogP contribution is 2.27. The standard InChI is InChI=1S/C19H21FN2O3/c20-12-1-5-16(6-2-12)24-11-17-7-8-18(25-17)19(23)22-15-9-13-3-4-14(10-15)21-13/h1-2,5-8,13-15,21H,3-4,9-11H2,(H,22,23). The molecule has 0 radical (unpaired) electrons. The molecule has 2 N–H and O–H groups in total. The number of halogens is 1. The summed E-state index contributed by atoms with van der Waals surface area (Å²) in [7, 11) is 0. The largest absolute Gasteiger partial charge is 0.486 e. The van der Waals surface area contributed by atoms with Crippen LogP contribution >= 0.6 is 0 Å². The number of furan rings is 1. The van der Waals surface area contributed by atoms with E-state index in [-0.39, 0.29) is 24.4 Å². The molecule has 132 valence electrons. The van der Waals surface area contributed by atoms with Crippen LogP contribution in [-0.4, -0.2) is 24.0 Å². The first-order valence-electron chi connectivity index (χ1n) is 8.70. The summed E-state index contributed by atoms with van der Waals surface area (Å²) in [4.78, 5) is 12.4. The number of nitrogens with one attached hydrogen (secondary N) is 2. The minimum Gasteiger partial charge on any atom is -0.486 e. The van der Waals surface area contributed by atoms with Gasteiger partial charge in [0.15, 0.2) is 5.76 Å². The molecule has 2 atom stereocenters. The summed E-state index contributed by atoms with van der Waals surface area (Å²) in [5.74, 6) is 0.910. The molecule has 5 nitrogen and oxygen atoms in total. The highest BCUT2D eigenvalue weighted by Gasteiger charge is 2.34. The van der Waals surface area contributed by atoms with Crippen LogP contribution in [-0.2, 0) is 6.61 Å². The second-order valence-corrected chi connectivity index (χ2v) is 6.79. The molecule has 25 heavy (non-hydrogen) atoms. The molecule has 0 aliphatic carbocycles. The van der Waals surface area contributed by atoms with E-state index in [1.807, 2.05) is 0 Å². The smallest absolute Gasteiger partial charge is 0.287 e. The number of piperidine rings is 1. The van der Waals surface area contributed by atoms with Gasteiger partial charge in [0.2, 0.25) is 0 Å². The van der Waals surface area contributed by atoms with E-state index in [1.54, 1.807) is 24.3 Å². The van der Waals surface area contributed by atoms with Crippen LogP contribution in [0.3, 0.4) is 0 Å². The second kappa shape index (κ2) is 6.88. The molecule has 2 unspecified atom stereocenters. The van der Waals surface area contributed by atoms with Crippen LogP contribution in [0.2, 0.25) is 0 Å². The topological polar surface area (TPSA) is 63.5 Å². The van der Waals surface area contributed by atoms with E-state index in [0.29, 0.717) is 29.4 Å². The summed E-state index contributed by atoms with van der Waals surface area (Å²) < 4.78 is 24.0. The van der Waals surface area contributed by atoms with Crippen molar-refractivity contribution in [2.45, 2.75) is 50.4 Å². The number of ether oxygens (including phenoxy) is 1. The van der Waals surface area contributed by atoms with Gasteiger partial charge in [0.05, 0.1) is 0 Å². The van der Waals surface area contributed by atoms with E-state index in [9.17, 15) is 9.18 Å². The van der Waals surface area contributed by atoms with Crippen molar-refractivity contribution in [1.29, 1.82) is 0 Å². The maximum atomic E-state index is 12.9. The van der Waals surface area contributed by atoms with Gasteiger partial charge in [-0.1, -0.05) is 0 Å². The van der Waals surface area contributed by atoms with Crippen molar-refractivity contribution in [3.63, 3.8) is 0 Å². The highest BCUT2D eigenvalue weighted by atomic mass is 19.1. The summed E-state index contributed by atoms with van der Waals surface area (Å²) >= 11 is 0. The quantitative estimate of drug-likeness (QED) is 0.875. The molecule has 2 aromatic rings. The number of fused-ring (bicyclic) bond motifs is 2. The van der Waals surface area contributed by atoms with Crippen LogP contribution in [0.15, 0.2) is 40.8 Å². The number of hydrogen-bond acceptors (Lipinski definition) is 4. The number of amides is 1. The molecule has 6 heteroatoms. The fraction of sp³-hybridized carbons (Fsp3) is 0.421. The molecular formula is C19H21FN2O3. The van der Waals surface area contributed by atoms with E-state index in [2.05, 4.69) is 10.6 Å². The van der Waals surface area contributed by atoms with Crippen LogP contribution in [0, 0.1) is 5.82 Å². The van der Waals surface area contributed by atoms with Crippen LogP contribution in [0.1, 0.15) is 42.0 Å². The van der Waals surface area contributed by atoms with Crippen LogP contribution in [0.4, 0.5) is 4.39 Å². The van der Waals surface area contributed by atoms with Crippen molar-refractivity contribution in [1.82, 2.24) is 10.6 Å². The zero-order valence-corrected chi connectivity index (χ0v) is 13.8. The molecule has 2 aliphatic rings. The number of rotatable bonds is 5. The molecule has 2 fully saturated rings. The Bertz CT molecular complexity index is 731. The average molecular weight is 344 g/mol. The molecule has 0 saturated carbocycles. The lowest BCUT2D eigenvalue weighted by Crippen LogP contribution is -2.47. The predicted octanol–water partition coefficient (Wildman–Crippen LogP) is 3.01. The van der Waals surface area contributed by atoms with Gasteiger partial charge in [-0.25, -0.2) is 4.39 Å². The van der Waals surface area contributed by atoms with Crippen molar-refractivity contribution < 1.29 is 18.3 Å². The first kappa shape index (κ1) is 16.1. The monoisotopic (exact) mass is 344 g/mol.